The van der Waals surface area contributed by atoms with Gasteiger partial charge >= 0.3 is 0 Å². The van der Waals surface area contributed by atoms with Crippen molar-refractivity contribution in [2.45, 2.75) is 0 Å². The molecule has 108 valence electrons. The van der Waals surface area contributed by atoms with E-state index in [-0.39, 0.29) is 25.2 Å². The monoisotopic (exact) mass is 352 g/mol. The Bertz CT molecular complexity index is 961. The maximum Gasteiger partial charge on any atom is 0.251 e. The van der Waals surface area contributed by atoms with E-state index in [2.05, 4.69) is 10.2 Å². The number of phenols is 1. The third-order valence-electron chi connectivity index (χ3n) is 3.58. The quantitative estimate of drug-likeness (QED) is 0.547. The van der Waals surface area contributed by atoms with E-state index in [1.165, 1.54) is 0 Å². The van der Waals surface area contributed by atoms with Gasteiger partial charge in [0.15, 0.2) is 0 Å². The van der Waals surface area contributed by atoms with Crippen LogP contribution >= 0.6 is 0 Å². The maximum atomic E-state index is 9.89. The molecule has 0 aliphatic carbocycles. The smallest absolute Gasteiger partial charge is 0.251 e. The number of rotatable bonds is 2. The van der Waals surface area contributed by atoms with Gasteiger partial charge in [-0.15, -0.1) is 10.2 Å². The Balaban J connectivity index is 0.00000156. The average molecular weight is 354 g/mol. The Morgan fingerprint density at radius 3 is 2.13 bits per heavy atom. The molecule has 0 amide bonds. The largest absolute Gasteiger partial charge is 0.507 e. The molecular weight excluding hydrogens is 342 g/mol. The Morgan fingerprint density at radius 2 is 1.30 bits per heavy atom. The second-order valence-electron chi connectivity index (χ2n) is 4.96. The molecule has 0 saturated heterocycles. The number of hydrogen-bond donors (Lipinski definition) is 1. The molecule has 0 radical (unpaired) electrons. The van der Waals surface area contributed by atoms with Crippen molar-refractivity contribution >= 4 is 10.8 Å². The van der Waals surface area contributed by atoms with Crippen molar-refractivity contribution in [3.8, 4) is 28.7 Å². The molecule has 0 saturated carbocycles. The van der Waals surface area contributed by atoms with Gasteiger partial charge in [0.1, 0.15) is 5.75 Å². The van der Waals surface area contributed by atoms with Crippen molar-refractivity contribution in [3.63, 3.8) is 0 Å². The van der Waals surface area contributed by atoms with Crippen molar-refractivity contribution in [1.29, 1.82) is 0 Å². The van der Waals surface area contributed by atoms with Crippen LogP contribution in [0.15, 0.2) is 71.1 Å². The number of phenolic OH excluding ortho intramolecular Hbond substituents is 1. The third kappa shape index (κ3) is 2.76. The van der Waals surface area contributed by atoms with E-state index in [0.29, 0.717) is 17.3 Å². The number of para-hydroxylation sites is 1. The van der Waals surface area contributed by atoms with Crippen molar-refractivity contribution in [2.75, 3.05) is 0 Å². The van der Waals surface area contributed by atoms with Crippen LogP contribution in [0, 0.1) is 0 Å². The van der Waals surface area contributed by atoms with E-state index in [0.717, 1.165) is 16.3 Å². The fourth-order valence-electron chi connectivity index (χ4n) is 2.51. The number of aromatic nitrogens is 2. The van der Waals surface area contributed by atoms with E-state index in [1.807, 2.05) is 48.5 Å². The van der Waals surface area contributed by atoms with E-state index >= 15 is 0 Å². The number of nitrogens with zero attached hydrogens (tertiary/aromatic N) is 2. The molecule has 0 spiro atoms. The first-order valence-electron chi connectivity index (χ1n) is 6.93. The van der Waals surface area contributed by atoms with Crippen molar-refractivity contribution in [1.82, 2.24) is 10.2 Å². The second-order valence-corrected chi connectivity index (χ2v) is 4.96. The molecule has 4 nitrogen and oxygen atoms in total. The fraction of sp³-hybridized carbons (Fsp3) is 0. The summed E-state index contributed by atoms with van der Waals surface area (Å²) in [7, 11) is 0. The summed E-state index contributed by atoms with van der Waals surface area (Å²) < 4.78 is 5.76. The normalized spacial score (nSPS) is 10.4. The fourth-order valence-corrected chi connectivity index (χ4v) is 2.51. The van der Waals surface area contributed by atoms with Gasteiger partial charge in [0.25, 0.3) is 5.89 Å². The molecule has 4 rings (SSSR count). The molecule has 23 heavy (non-hydrogen) atoms. The Labute approximate surface area is 145 Å². The zero-order chi connectivity index (χ0) is 14.9. The number of fused-ring (bicyclic) bond motifs is 1. The van der Waals surface area contributed by atoms with E-state index in [1.54, 1.807) is 18.2 Å². The van der Waals surface area contributed by atoms with Gasteiger partial charge in [0.05, 0.1) is 5.56 Å². The maximum absolute atomic E-state index is 9.89. The molecule has 1 heterocycles. The van der Waals surface area contributed by atoms with E-state index in [9.17, 15) is 5.11 Å². The zero-order valence-corrected chi connectivity index (χ0v) is 15.3. The average Bonchev–Trinajstić information content (AvgIpc) is 3.04. The van der Waals surface area contributed by atoms with Gasteiger partial charge in [-0.2, -0.15) is 0 Å². The van der Waals surface area contributed by atoms with Crippen LogP contribution in [-0.4, -0.2) is 15.3 Å². The van der Waals surface area contributed by atoms with Crippen LogP contribution in [-0.2, 0) is 19.5 Å². The molecule has 1 N–H and O–H groups in total. The summed E-state index contributed by atoms with van der Waals surface area (Å²) in [6, 6.07) is 20.9. The summed E-state index contributed by atoms with van der Waals surface area (Å²) in [5.74, 6) is 0.867. The predicted octanol–water partition coefficient (Wildman–Crippen LogP) is 4.26. The molecule has 0 atom stereocenters. The molecule has 0 bridgehead atoms. The molecule has 0 fully saturated rings. The molecule has 5 heteroatoms. The van der Waals surface area contributed by atoms with Crippen LogP contribution < -0.4 is 0 Å². The van der Waals surface area contributed by atoms with Gasteiger partial charge in [-0.1, -0.05) is 48.5 Å². The summed E-state index contributed by atoms with van der Waals surface area (Å²) in [5, 5.41) is 20.2. The molecule has 0 unspecified atom stereocenters. The molecular formula is C18H12N2O2Zn. The van der Waals surface area contributed by atoms with E-state index in [4.69, 9.17) is 4.42 Å². The molecule has 0 aliphatic heterocycles. The van der Waals surface area contributed by atoms with E-state index < -0.39 is 0 Å². The third-order valence-corrected chi connectivity index (χ3v) is 3.58. The van der Waals surface area contributed by atoms with Crippen LogP contribution in [0.3, 0.4) is 0 Å². The first-order chi connectivity index (χ1) is 10.8. The predicted molar refractivity (Wildman–Crippen MR) is 84.3 cm³/mol. The minimum atomic E-state index is 0. The molecule has 1 aromatic heterocycles. The van der Waals surface area contributed by atoms with Crippen molar-refractivity contribution < 1.29 is 29.0 Å². The van der Waals surface area contributed by atoms with Crippen LogP contribution in [0.2, 0.25) is 0 Å². The van der Waals surface area contributed by atoms with Gasteiger partial charge in [-0.05, 0) is 29.0 Å². The minimum Gasteiger partial charge on any atom is -0.507 e. The van der Waals surface area contributed by atoms with Crippen LogP contribution in [0.5, 0.6) is 5.75 Å². The summed E-state index contributed by atoms with van der Waals surface area (Å²) in [4.78, 5) is 0. The van der Waals surface area contributed by atoms with Gasteiger partial charge in [0.2, 0.25) is 5.89 Å². The van der Waals surface area contributed by atoms with Gasteiger partial charge in [0, 0.05) is 25.0 Å². The topological polar surface area (TPSA) is 59.2 Å². The summed E-state index contributed by atoms with van der Waals surface area (Å²) >= 11 is 0. The summed E-state index contributed by atoms with van der Waals surface area (Å²) in [6.45, 7) is 0. The Hall–Kier alpha value is -2.52. The molecule has 3 aromatic carbocycles. The SMILES string of the molecule is Oc1ccccc1-c1nnc(-c2cccc3ccccc23)o1.[Zn]. The van der Waals surface area contributed by atoms with Gasteiger partial charge in [-0.25, -0.2) is 0 Å². The second kappa shape index (κ2) is 6.31. The Morgan fingerprint density at radius 1 is 0.696 bits per heavy atom. The Kier molecular flexibility index (Phi) is 4.22. The number of benzene rings is 3. The zero-order valence-electron chi connectivity index (χ0n) is 12.3. The van der Waals surface area contributed by atoms with Crippen LogP contribution in [0.1, 0.15) is 0 Å². The molecule has 4 aromatic rings. The van der Waals surface area contributed by atoms with Crippen molar-refractivity contribution in [3.05, 3.63) is 66.7 Å². The standard InChI is InChI=1S/C18H12N2O2.Zn/c21-16-11-4-3-9-15(16)18-20-19-17(22-18)14-10-5-7-12-6-1-2-8-13(12)14;/h1-11,21H;. The van der Waals surface area contributed by atoms with Gasteiger partial charge in [-0.3, -0.25) is 0 Å². The van der Waals surface area contributed by atoms with Crippen LogP contribution in [0.25, 0.3) is 33.7 Å². The first kappa shape index (κ1) is 15.4. The number of aromatic hydroxyl groups is 1. The van der Waals surface area contributed by atoms with Gasteiger partial charge < -0.3 is 9.52 Å². The number of hydrogen-bond acceptors (Lipinski definition) is 4. The van der Waals surface area contributed by atoms with Crippen molar-refractivity contribution in [2.24, 2.45) is 0 Å². The first-order valence-corrected chi connectivity index (χ1v) is 6.93. The minimum absolute atomic E-state index is 0. The van der Waals surface area contributed by atoms with Crippen LogP contribution in [0.4, 0.5) is 0 Å². The summed E-state index contributed by atoms with van der Waals surface area (Å²) in [5.41, 5.74) is 1.41. The molecule has 0 aliphatic rings. The summed E-state index contributed by atoms with van der Waals surface area (Å²) in [6.07, 6.45) is 0.